The van der Waals surface area contributed by atoms with Gasteiger partial charge in [0.1, 0.15) is 18.0 Å². The zero-order valence-corrected chi connectivity index (χ0v) is 14.0. The van der Waals surface area contributed by atoms with Crippen molar-refractivity contribution < 1.29 is 4.79 Å². The summed E-state index contributed by atoms with van der Waals surface area (Å²) in [6.07, 6.45) is 3.89. The third-order valence-electron chi connectivity index (χ3n) is 3.76. The number of benzene rings is 1. The van der Waals surface area contributed by atoms with Crippen LogP contribution in [0.4, 0.5) is 11.6 Å². The van der Waals surface area contributed by atoms with Crippen LogP contribution in [0.1, 0.15) is 30.1 Å². The lowest BCUT2D eigenvalue weighted by atomic mass is 10.2. The van der Waals surface area contributed by atoms with E-state index < -0.39 is 0 Å². The Labute approximate surface area is 140 Å². The van der Waals surface area contributed by atoms with Crippen LogP contribution in [-0.2, 0) is 0 Å². The topological polar surface area (TPSA) is 58.1 Å². The molecule has 0 aliphatic carbocycles. The molecule has 0 spiro atoms. The Bertz CT molecular complexity index is 686. The van der Waals surface area contributed by atoms with E-state index in [0.29, 0.717) is 11.4 Å². The Balaban J connectivity index is 1.76. The molecule has 3 rings (SSSR count). The van der Waals surface area contributed by atoms with E-state index in [9.17, 15) is 4.79 Å². The Morgan fingerprint density at radius 2 is 2.04 bits per heavy atom. The summed E-state index contributed by atoms with van der Waals surface area (Å²) in [7, 11) is 0. The fourth-order valence-electron chi connectivity index (χ4n) is 2.65. The summed E-state index contributed by atoms with van der Waals surface area (Å²) in [4.78, 5) is 24.2. The molecule has 1 aliphatic rings. The van der Waals surface area contributed by atoms with Gasteiger partial charge < -0.3 is 10.2 Å². The molecule has 1 amide bonds. The first-order valence-corrected chi connectivity index (χ1v) is 8.86. The second-order valence-electron chi connectivity index (χ2n) is 5.34. The number of thioether (sulfide) groups is 1. The molecule has 120 valence electrons. The van der Waals surface area contributed by atoms with Crippen molar-refractivity contribution >= 4 is 29.3 Å². The zero-order valence-electron chi connectivity index (χ0n) is 13.2. The minimum Gasteiger partial charge on any atom is -0.356 e. The molecule has 0 bridgehead atoms. The highest BCUT2D eigenvalue weighted by Gasteiger charge is 2.16. The normalized spacial score (nSPS) is 14.0. The first-order chi connectivity index (χ1) is 11.3. The molecule has 1 aliphatic heterocycles. The largest absolute Gasteiger partial charge is 0.356 e. The second-order valence-corrected chi connectivity index (χ2v) is 6.64. The maximum absolute atomic E-state index is 12.5. The minimum atomic E-state index is -0.132. The molecule has 0 radical (unpaired) electrons. The van der Waals surface area contributed by atoms with E-state index in [1.54, 1.807) is 11.8 Å². The molecule has 1 aromatic carbocycles. The van der Waals surface area contributed by atoms with Gasteiger partial charge in [0.2, 0.25) is 0 Å². The number of aromatic nitrogens is 2. The number of amides is 1. The van der Waals surface area contributed by atoms with E-state index >= 15 is 0 Å². The van der Waals surface area contributed by atoms with E-state index in [1.807, 2.05) is 30.3 Å². The van der Waals surface area contributed by atoms with Gasteiger partial charge in [0.05, 0.1) is 5.56 Å². The molecule has 2 heterocycles. The summed E-state index contributed by atoms with van der Waals surface area (Å²) >= 11 is 1.66. The smallest absolute Gasteiger partial charge is 0.257 e. The molecular formula is C17H20N4OS. The SMILES string of the molecule is CCSc1ccccc1C(=O)Nc1cc(N2CCCC2)ncn1. The van der Waals surface area contributed by atoms with Gasteiger partial charge in [0.25, 0.3) is 5.91 Å². The Morgan fingerprint density at radius 1 is 1.26 bits per heavy atom. The predicted octanol–water partition coefficient (Wildman–Crippen LogP) is 3.44. The van der Waals surface area contributed by atoms with E-state index in [1.165, 1.54) is 19.2 Å². The summed E-state index contributed by atoms with van der Waals surface area (Å²) in [5, 5.41) is 2.89. The van der Waals surface area contributed by atoms with Crippen LogP contribution in [0, 0.1) is 0 Å². The van der Waals surface area contributed by atoms with Gasteiger partial charge in [-0.3, -0.25) is 4.79 Å². The molecule has 2 aromatic rings. The quantitative estimate of drug-likeness (QED) is 0.852. The Hall–Kier alpha value is -2.08. The van der Waals surface area contributed by atoms with E-state index in [2.05, 4.69) is 27.1 Å². The van der Waals surface area contributed by atoms with Gasteiger partial charge in [-0.15, -0.1) is 11.8 Å². The Morgan fingerprint density at radius 3 is 2.83 bits per heavy atom. The van der Waals surface area contributed by atoms with Crippen LogP contribution in [0.3, 0.4) is 0 Å². The summed E-state index contributed by atoms with van der Waals surface area (Å²) in [6, 6.07) is 9.49. The number of nitrogens with zero attached hydrogens (tertiary/aromatic N) is 3. The van der Waals surface area contributed by atoms with Crippen molar-refractivity contribution in [2.24, 2.45) is 0 Å². The van der Waals surface area contributed by atoms with Gasteiger partial charge in [0, 0.05) is 24.1 Å². The maximum atomic E-state index is 12.5. The fraction of sp³-hybridized carbons (Fsp3) is 0.353. The number of nitrogens with one attached hydrogen (secondary N) is 1. The van der Waals surface area contributed by atoms with Crippen molar-refractivity contribution in [3.05, 3.63) is 42.2 Å². The molecule has 1 N–H and O–H groups in total. The predicted molar refractivity (Wildman–Crippen MR) is 94.3 cm³/mol. The van der Waals surface area contributed by atoms with Gasteiger partial charge >= 0.3 is 0 Å². The van der Waals surface area contributed by atoms with Gasteiger partial charge in [-0.05, 0) is 30.7 Å². The number of hydrogen-bond donors (Lipinski definition) is 1. The minimum absolute atomic E-state index is 0.132. The molecule has 0 unspecified atom stereocenters. The van der Waals surface area contributed by atoms with Crippen molar-refractivity contribution in [1.82, 2.24) is 9.97 Å². The molecular weight excluding hydrogens is 308 g/mol. The van der Waals surface area contributed by atoms with Crippen LogP contribution in [0.15, 0.2) is 41.6 Å². The lowest BCUT2D eigenvalue weighted by molar-refractivity contribution is 0.102. The zero-order chi connectivity index (χ0) is 16.1. The van der Waals surface area contributed by atoms with Gasteiger partial charge in [-0.25, -0.2) is 9.97 Å². The van der Waals surface area contributed by atoms with Gasteiger partial charge in [0.15, 0.2) is 0 Å². The summed E-state index contributed by atoms with van der Waals surface area (Å²) in [5.41, 5.74) is 0.681. The van der Waals surface area contributed by atoms with Crippen molar-refractivity contribution in [2.75, 3.05) is 29.1 Å². The van der Waals surface area contributed by atoms with Crippen LogP contribution in [-0.4, -0.2) is 34.7 Å². The highest BCUT2D eigenvalue weighted by molar-refractivity contribution is 7.99. The van der Waals surface area contributed by atoms with Crippen LogP contribution in [0.5, 0.6) is 0 Å². The van der Waals surface area contributed by atoms with E-state index in [-0.39, 0.29) is 5.91 Å². The standard InChI is InChI=1S/C17H20N4OS/c1-2-23-14-8-4-3-7-13(14)17(22)20-15-11-16(19-12-18-15)21-9-5-6-10-21/h3-4,7-8,11-12H,2,5-6,9-10H2,1H3,(H,18,19,20,22). The van der Waals surface area contributed by atoms with Crippen molar-refractivity contribution in [3.8, 4) is 0 Å². The number of rotatable bonds is 5. The molecule has 0 saturated carbocycles. The van der Waals surface area contributed by atoms with Crippen molar-refractivity contribution in [3.63, 3.8) is 0 Å². The highest BCUT2D eigenvalue weighted by Crippen LogP contribution is 2.24. The number of carbonyl (C=O) groups is 1. The van der Waals surface area contributed by atoms with E-state index in [0.717, 1.165) is 29.6 Å². The summed E-state index contributed by atoms with van der Waals surface area (Å²) in [5.74, 6) is 2.22. The molecule has 1 fully saturated rings. The van der Waals surface area contributed by atoms with Gasteiger partial charge in [-0.2, -0.15) is 0 Å². The van der Waals surface area contributed by atoms with Crippen LogP contribution in [0.25, 0.3) is 0 Å². The van der Waals surface area contributed by atoms with E-state index in [4.69, 9.17) is 0 Å². The third-order valence-corrected chi connectivity index (χ3v) is 4.71. The monoisotopic (exact) mass is 328 g/mol. The molecule has 1 saturated heterocycles. The average molecular weight is 328 g/mol. The third kappa shape index (κ3) is 3.82. The highest BCUT2D eigenvalue weighted by atomic mass is 32.2. The first kappa shape index (κ1) is 15.8. The molecule has 0 atom stereocenters. The van der Waals surface area contributed by atoms with Crippen molar-refractivity contribution in [2.45, 2.75) is 24.7 Å². The van der Waals surface area contributed by atoms with Crippen LogP contribution < -0.4 is 10.2 Å². The number of hydrogen-bond acceptors (Lipinski definition) is 5. The average Bonchev–Trinajstić information content (AvgIpc) is 3.10. The second kappa shape index (κ2) is 7.46. The summed E-state index contributed by atoms with van der Waals surface area (Å²) in [6.45, 7) is 4.10. The fourth-order valence-corrected chi connectivity index (χ4v) is 3.46. The van der Waals surface area contributed by atoms with Gasteiger partial charge in [-0.1, -0.05) is 19.1 Å². The van der Waals surface area contributed by atoms with Crippen LogP contribution in [0.2, 0.25) is 0 Å². The van der Waals surface area contributed by atoms with Crippen molar-refractivity contribution in [1.29, 1.82) is 0 Å². The molecule has 23 heavy (non-hydrogen) atoms. The Kier molecular flexibility index (Phi) is 5.12. The maximum Gasteiger partial charge on any atom is 0.257 e. The lowest BCUT2D eigenvalue weighted by Gasteiger charge is -2.16. The molecule has 5 nitrogen and oxygen atoms in total. The van der Waals surface area contributed by atoms with Crippen LogP contribution >= 0.6 is 11.8 Å². The lowest BCUT2D eigenvalue weighted by Crippen LogP contribution is -2.20. The molecule has 6 heteroatoms. The summed E-state index contributed by atoms with van der Waals surface area (Å²) < 4.78 is 0. The molecule has 1 aromatic heterocycles. The number of anilines is 2. The number of carbonyl (C=O) groups excluding carboxylic acids is 1. The first-order valence-electron chi connectivity index (χ1n) is 7.88.